The standard InChI is InChI=1S/C19H21N3O3S2/c1-24-14-4-5-16-15(13-14)20-19(27-16)22(18(23)17-3-2-12-26-17)7-6-21-8-10-25-11-9-21/h2-5,12-13H,6-11H2,1H3/p+1. The van der Waals surface area contributed by atoms with Crippen LogP contribution in [0.4, 0.5) is 5.13 Å². The van der Waals surface area contributed by atoms with E-state index in [2.05, 4.69) is 0 Å². The lowest BCUT2D eigenvalue weighted by molar-refractivity contribution is -0.906. The van der Waals surface area contributed by atoms with Crippen LogP contribution in [0.5, 0.6) is 5.75 Å². The summed E-state index contributed by atoms with van der Waals surface area (Å²) in [5.74, 6) is 0.789. The Hall–Kier alpha value is -2.00. The van der Waals surface area contributed by atoms with Gasteiger partial charge in [0.1, 0.15) is 18.8 Å². The van der Waals surface area contributed by atoms with Crippen molar-refractivity contribution in [3.05, 3.63) is 40.6 Å². The monoisotopic (exact) mass is 404 g/mol. The molecule has 1 aromatic carbocycles. The predicted molar refractivity (Wildman–Crippen MR) is 109 cm³/mol. The van der Waals surface area contributed by atoms with Crippen LogP contribution < -0.4 is 14.5 Å². The van der Waals surface area contributed by atoms with Crippen LogP contribution in [-0.4, -0.2) is 57.4 Å². The summed E-state index contributed by atoms with van der Waals surface area (Å²) in [6.07, 6.45) is 0. The van der Waals surface area contributed by atoms with Crippen LogP contribution in [0.1, 0.15) is 9.67 Å². The van der Waals surface area contributed by atoms with Crippen LogP contribution in [0.25, 0.3) is 10.2 Å². The molecule has 0 aliphatic carbocycles. The third-order valence-electron chi connectivity index (χ3n) is 4.68. The molecule has 6 nitrogen and oxygen atoms in total. The Morgan fingerprint density at radius 1 is 1.33 bits per heavy atom. The summed E-state index contributed by atoms with van der Waals surface area (Å²) in [4.78, 5) is 21.9. The smallest absolute Gasteiger partial charge is 0.270 e. The van der Waals surface area contributed by atoms with Gasteiger partial charge in [0.05, 0.1) is 48.5 Å². The molecule has 1 aliphatic rings. The molecular formula is C19H22N3O3S2+. The van der Waals surface area contributed by atoms with Crippen LogP contribution in [0.2, 0.25) is 0 Å². The lowest BCUT2D eigenvalue weighted by Crippen LogP contribution is -3.14. The van der Waals surface area contributed by atoms with Gasteiger partial charge < -0.3 is 14.4 Å². The molecule has 0 radical (unpaired) electrons. The molecule has 0 unspecified atom stereocenters. The van der Waals surface area contributed by atoms with Gasteiger partial charge in [-0.25, -0.2) is 4.98 Å². The van der Waals surface area contributed by atoms with E-state index in [4.69, 9.17) is 14.5 Å². The molecule has 0 saturated carbocycles. The number of thiophene rings is 1. The SMILES string of the molecule is COc1ccc2sc(N(CC[NH+]3CCOCC3)C(=O)c3cccs3)nc2c1. The van der Waals surface area contributed by atoms with E-state index in [9.17, 15) is 4.79 Å². The van der Waals surface area contributed by atoms with Gasteiger partial charge in [0, 0.05) is 6.07 Å². The number of nitrogens with zero attached hydrogens (tertiary/aromatic N) is 2. The van der Waals surface area contributed by atoms with Crippen molar-refractivity contribution >= 4 is 43.9 Å². The molecule has 3 aromatic rings. The molecule has 1 N–H and O–H groups in total. The fourth-order valence-electron chi connectivity index (χ4n) is 3.13. The molecule has 2 aromatic heterocycles. The van der Waals surface area contributed by atoms with Crippen LogP contribution >= 0.6 is 22.7 Å². The highest BCUT2D eigenvalue weighted by Crippen LogP contribution is 2.32. The first-order valence-electron chi connectivity index (χ1n) is 8.96. The minimum Gasteiger partial charge on any atom is -0.497 e. The molecule has 27 heavy (non-hydrogen) atoms. The maximum Gasteiger partial charge on any atom is 0.270 e. The zero-order chi connectivity index (χ0) is 18.6. The van der Waals surface area contributed by atoms with Gasteiger partial charge in [-0.15, -0.1) is 11.3 Å². The second-order valence-electron chi connectivity index (χ2n) is 6.38. The third-order valence-corrected chi connectivity index (χ3v) is 6.60. The molecule has 0 spiro atoms. The number of nitrogens with one attached hydrogen (secondary N) is 1. The number of carbonyl (C=O) groups excluding carboxylic acids is 1. The number of carbonyl (C=O) groups is 1. The molecule has 3 heterocycles. The Kier molecular flexibility index (Phi) is 5.68. The number of thiazole rings is 1. The maximum absolute atomic E-state index is 13.1. The Labute approximate surface area is 165 Å². The quantitative estimate of drug-likeness (QED) is 0.682. The van der Waals surface area contributed by atoms with E-state index in [1.165, 1.54) is 16.2 Å². The summed E-state index contributed by atoms with van der Waals surface area (Å²) in [5.41, 5.74) is 0.858. The van der Waals surface area contributed by atoms with Gasteiger partial charge in [0.15, 0.2) is 5.13 Å². The minimum atomic E-state index is 0.0173. The van der Waals surface area contributed by atoms with E-state index in [0.29, 0.717) is 6.54 Å². The first kappa shape index (κ1) is 18.4. The van der Waals surface area contributed by atoms with E-state index < -0.39 is 0 Å². The highest BCUT2D eigenvalue weighted by atomic mass is 32.1. The van der Waals surface area contributed by atoms with E-state index in [1.54, 1.807) is 18.4 Å². The number of ether oxygens (including phenoxy) is 2. The van der Waals surface area contributed by atoms with E-state index in [-0.39, 0.29) is 5.91 Å². The fraction of sp³-hybridized carbons (Fsp3) is 0.368. The molecule has 8 heteroatoms. The Morgan fingerprint density at radius 2 is 2.19 bits per heavy atom. The molecule has 0 atom stereocenters. The topological polar surface area (TPSA) is 56.1 Å². The van der Waals surface area contributed by atoms with Crippen LogP contribution in [-0.2, 0) is 4.74 Å². The number of benzene rings is 1. The number of amides is 1. The number of aromatic nitrogens is 1. The maximum atomic E-state index is 13.1. The van der Waals surface area contributed by atoms with Crippen LogP contribution in [0, 0.1) is 0 Å². The van der Waals surface area contributed by atoms with E-state index >= 15 is 0 Å². The summed E-state index contributed by atoms with van der Waals surface area (Å²) < 4.78 is 11.8. The van der Waals surface area contributed by atoms with Gasteiger partial charge in [-0.2, -0.15) is 0 Å². The van der Waals surface area contributed by atoms with Gasteiger partial charge >= 0.3 is 0 Å². The van der Waals surface area contributed by atoms with Crippen molar-refractivity contribution < 1.29 is 19.2 Å². The summed E-state index contributed by atoms with van der Waals surface area (Å²) in [7, 11) is 1.65. The lowest BCUT2D eigenvalue weighted by Gasteiger charge is -2.26. The Bertz CT molecular complexity index is 904. The fourth-order valence-corrected chi connectivity index (χ4v) is 4.78. The number of rotatable bonds is 6. The van der Waals surface area contributed by atoms with Gasteiger partial charge in [-0.1, -0.05) is 17.4 Å². The Balaban J connectivity index is 1.61. The molecule has 1 fully saturated rings. The van der Waals surface area contributed by atoms with E-state index in [0.717, 1.165) is 58.8 Å². The largest absolute Gasteiger partial charge is 0.497 e. The number of quaternary nitrogens is 1. The number of hydrogen-bond acceptors (Lipinski definition) is 6. The number of fused-ring (bicyclic) bond motifs is 1. The highest BCUT2D eigenvalue weighted by molar-refractivity contribution is 7.22. The normalized spacial score (nSPS) is 15.1. The van der Waals surface area contributed by atoms with Crippen molar-refractivity contribution in [2.75, 3.05) is 51.4 Å². The number of hydrogen-bond donors (Lipinski definition) is 1. The first-order valence-corrected chi connectivity index (χ1v) is 10.7. The van der Waals surface area contributed by atoms with Crippen molar-refractivity contribution in [1.82, 2.24) is 4.98 Å². The van der Waals surface area contributed by atoms with Gasteiger partial charge in [-0.3, -0.25) is 9.69 Å². The van der Waals surface area contributed by atoms with Crippen LogP contribution in [0.3, 0.4) is 0 Å². The summed E-state index contributed by atoms with van der Waals surface area (Å²) in [6.45, 7) is 5.07. The highest BCUT2D eigenvalue weighted by Gasteiger charge is 2.24. The Morgan fingerprint density at radius 3 is 2.93 bits per heavy atom. The van der Waals surface area contributed by atoms with Crippen molar-refractivity contribution in [3.8, 4) is 5.75 Å². The van der Waals surface area contributed by atoms with E-state index in [1.807, 2.05) is 40.6 Å². The summed E-state index contributed by atoms with van der Waals surface area (Å²) in [6, 6.07) is 9.62. The van der Waals surface area contributed by atoms with Gasteiger partial charge in [-0.05, 0) is 23.6 Å². The molecule has 0 bridgehead atoms. The molecule has 142 valence electrons. The molecule has 1 saturated heterocycles. The van der Waals surface area contributed by atoms with Crippen molar-refractivity contribution in [1.29, 1.82) is 0 Å². The predicted octanol–water partition coefficient (Wildman–Crippen LogP) is 1.93. The second kappa shape index (κ2) is 8.35. The average Bonchev–Trinajstić information content (AvgIpc) is 3.38. The average molecular weight is 405 g/mol. The number of anilines is 1. The molecule has 1 amide bonds. The minimum absolute atomic E-state index is 0.0173. The number of methoxy groups -OCH3 is 1. The molecule has 4 rings (SSSR count). The third kappa shape index (κ3) is 4.14. The van der Waals surface area contributed by atoms with Crippen molar-refractivity contribution in [3.63, 3.8) is 0 Å². The zero-order valence-corrected chi connectivity index (χ0v) is 16.8. The summed E-state index contributed by atoms with van der Waals surface area (Å²) in [5, 5.41) is 2.67. The molecular weight excluding hydrogens is 382 g/mol. The zero-order valence-electron chi connectivity index (χ0n) is 15.1. The van der Waals surface area contributed by atoms with Gasteiger partial charge in [0.25, 0.3) is 5.91 Å². The summed E-state index contributed by atoms with van der Waals surface area (Å²) >= 11 is 3.01. The van der Waals surface area contributed by atoms with Crippen LogP contribution in [0.15, 0.2) is 35.7 Å². The lowest BCUT2D eigenvalue weighted by atomic mass is 10.3. The van der Waals surface area contributed by atoms with Gasteiger partial charge in [0.2, 0.25) is 0 Å². The second-order valence-corrected chi connectivity index (χ2v) is 8.33. The molecule has 1 aliphatic heterocycles. The van der Waals surface area contributed by atoms with Crippen molar-refractivity contribution in [2.45, 2.75) is 0 Å². The number of morpholine rings is 1. The first-order chi connectivity index (χ1) is 13.2. The van der Waals surface area contributed by atoms with Crippen molar-refractivity contribution in [2.24, 2.45) is 0 Å².